The van der Waals surface area contributed by atoms with Gasteiger partial charge in [0.05, 0.1) is 0 Å². The number of nitrogens with zero attached hydrogens (tertiary/aromatic N) is 1. The zero-order chi connectivity index (χ0) is 14.5. The van der Waals surface area contributed by atoms with Gasteiger partial charge in [0.15, 0.2) is 0 Å². The number of rotatable bonds is 7. The molecule has 0 amide bonds. The summed E-state index contributed by atoms with van der Waals surface area (Å²) in [5, 5.41) is 3.73. The summed E-state index contributed by atoms with van der Waals surface area (Å²) in [6.45, 7) is 7.34. The van der Waals surface area contributed by atoms with Gasteiger partial charge < -0.3 is 10.2 Å². The first-order chi connectivity index (χ1) is 10.4. The van der Waals surface area contributed by atoms with Crippen LogP contribution in [0.5, 0.6) is 0 Å². The van der Waals surface area contributed by atoms with E-state index < -0.39 is 0 Å². The van der Waals surface area contributed by atoms with Crippen molar-refractivity contribution in [2.45, 2.75) is 45.1 Å². The van der Waals surface area contributed by atoms with Crippen LogP contribution in [0, 0.1) is 11.8 Å². The van der Waals surface area contributed by atoms with Crippen molar-refractivity contribution >= 4 is 0 Å². The first kappa shape index (κ1) is 15.1. The van der Waals surface area contributed by atoms with Gasteiger partial charge in [0, 0.05) is 19.1 Å². The molecule has 0 spiro atoms. The summed E-state index contributed by atoms with van der Waals surface area (Å²) in [6.07, 6.45) is 6.89. The van der Waals surface area contributed by atoms with E-state index in [1.807, 2.05) is 0 Å². The van der Waals surface area contributed by atoms with Crippen molar-refractivity contribution in [2.24, 2.45) is 11.8 Å². The van der Waals surface area contributed by atoms with Gasteiger partial charge in [-0.1, -0.05) is 43.7 Å². The molecule has 3 rings (SSSR count). The second-order valence-corrected chi connectivity index (χ2v) is 6.92. The molecule has 21 heavy (non-hydrogen) atoms. The monoisotopic (exact) mass is 286 g/mol. The highest BCUT2D eigenvalue weighted by Crippen LogP contribution is 2.37. The van der Waals surface area contributed by atoms with Crippen molar-refractivity contribution in [1.29, 1.82) is 0 Å². The average molecular weight is 286 g/mol. The van der Waals surface area contributed by atoms with Crippen LogP contribution >= 0.6 is 0 Å². The predicted octanol–water partition coefficient (Wildman–Crippen LogP) is 3.85. The second-order valence-electron chi connectivity index (χ2n) is 6.92. The van der Waals surface area contributed by atoms with Gasteiger partial charge in [-0.05, 0) is 56.2 Å². The third-order valence-electron chi connectivity index (χ3n) is 5.38. The van der Waals surface area contributed by atoms with Gasteiger partial charge in [-0.3, -0.25) is 0 Å². The van der Waals surface area contributed by atoms with Gasteiger partial charge in [0.25, 0.3) is 0 Å². The molecular formula is C19H30N2. The highest BCUT2D eigenvalue weighted by molar-refractivity contribution is 5.18. The lowest BCUT2D eigenvalue weighted by Gasteiger charge is -2.23. The molecule has 1 aromatic carbocycles. The molecule has 1 N–H and O–H groups in total. The van der Waals surface area contributed by atoms with E-state index in [1.54, 1.807) is 0 Å². The summed E-state index contributed by atoms with van der Waals surface area (Å²) in [6, 6.07) is 11.5. The van der Waals surface area contributed by atoms with Crippen LogP contribution in [0.4, 0.5) is 0 Å². The molecule has 2 nitrogen and oxygen atoms in total. The highest BCUT2D eigenvalue weighted by atomic mass is 15.2. The van der Waals surface area contributed by atoms with Gasteiger partial charge in [0.2, 0.25) is 0 Å². The largest absolute Gasteiger partial charge is 0.310 e. The zero-order valence-electron chi connectivity index (χ0n) is 13.4. The summed E-state index contributed by atoms with van der Waals surface area (Å²) in [5.74, 6) is 2.03. The lowest BCUT2D eigenvalue weighted by atomic mass is 10.0. The Bertz CT molecular complexity index is 405. The van der Waals surface area contributed by atoms with Crippen LogP contribution in [0.15, 0.2) is 30.3 Å². The normalized spacial score (nSPS) is 26.9. The number of hydrogen-bond acceptors (Lipinski definition) is 2. The molecule has 1 heterocycles. The Hall–Kier alpha value is -0.860. The van der Waals surface area contributed by atoms with Gasteiger partial charge in [-0.25, -0.2) is 0 Å². The van der Waals surface area contributed by atoms with Crippen LogP contribution < -0.4 is 5.32 Å². The first-order valence-electron chi connectivity index (χ1n) is 8.87. The van der Waals surface area contributed by atoms with Crippen LogP contribution in [-0.2, 0) is 0 Å². The Kier molecular flexibility index (Phi) is 5.32. The van der Waals surface area contributed by atoms with Crippen LogP contribution in [0.2, 0.25) is 0 Å². The number of benzene rings is 1. The molecular weight excluding hydrogens is 256 g/mol. The van der Waals surface area contributed by atoms with Crippen molar-refractivity contribution in [3.63, 3.8) is 0 Å². The van der Waals surface area contributed by atoms with Crippen LogP contribution in [0.25, 0.3) is 0 Å². The Morgan fingerprint density at radius 1 is 1.14 bits per heavy atom. The predicted molar refractivity (Wildman–Crippen MR) is 89.4 cm³/mol. The van der Waals surface area contributed by atoms with E-state index in [2.05, 4.69) is 47.5 Å². The quantitative estimate of drug-likeness (QED) is 0.819. The number of fused-ring (bicyclic) bond motifs is 1. The lowest BCUT2D eigenvalue weighted by molar-refractivity contribution is 0.288. The fraction of sp³-hybridized carbons (Fsp3) is 0.684. The Morgan fingerprint density at radius 3 is 2.52 bits per heavy atom. The van der Waals surface area contributed by atoms with Crippen molar-refractivity contribution in [2.75, 3.05) is 26.2 Å². The third-order valence-corrected chi connectivity index (χ3v) is 5.38. The van der Waals surface area contributed by atoms with E-state index >= 15 is 0 Å². The Labute approximate surface area is 129 Å². The minimum atomic E-state index is 0.520. The molecule has 1 saturated carbocycles. The van der Waals surface area contributed by atoms with E-state index in [-0.39, 0.29) is 0 Å². The fourth-order valence-corrected chi connectivity index (χ4v) is 4.22. The van der Waals surface area contributed by atoms with Gasteiger partial charge in [-0.2, -0.15) is 0 Å². The minimum absolute atomic E-state index is 0.520. The van der Waals surface area contributed by atoms with Crippen LogP contribution in [-0.4, -0.2) is 31.1 Å². The number of hydrogen-bond donors (Lipinski definition) is 1. The van der Waals surface area contributed by atoms with E-state index in [9.17, 15) is 0 Å². The molecule has 1 aromatic rings. The van der Waals surface area contributed by atoms with E-state index in [0.29, 0.717) is 6.04 Å². The standard InChI is InChI=1S/C19H30N2/c1-2-12-20-19(16-7-4-3-5-8-16)11-13-21-14-17-9-6-10-18(17)15-21/h3-5,7-8,17-20H,2,6,9-15H2,1H3. The summed E-state index contributed by atoms with van der Waals surface area (Å²) in [4.78, 5) is 2.72. The molecule has 2 aliphatic rings. The van der Waals surface area contributed by atoms with Crippen molar-refractivity contribution in [3.05, 3.63) is 35.9 Å². The summed E-state index contributed by atoms with van der Waals surface area (Å²) in [7, 11) is 0. The van der Waals surface area contributed by atoms with Crippen LogP contribution in [0.3, 0.4) is 0 Å². The topological polar surface area (TPSA) is 15.3 Å². The molecule has 0 radical (unpaired) electrons. The highest BCUT2D eigenvalue weighted by Gasteiger charge is 2.35. The first-order valence-corrected chi connectivity index (χ1v) is 8.87. The molecule has 3 atom stereocenters. The van der Waals surface area contributed by atoms with Crippen molar-refractivity contribution < 1.29 is 0 Å². The van der Waals surface area contributed by atoms with E-state index in [4.69, 9.17) is 0 Å². The van der Waals surface area contributed by atoms with E-state index in [1.165, 1.54) is 57.3 Å². The van der Waals surface area contributed by atoms with Crippen molar-refractivity contribution in [3.8, 4) is 0 Å². The molecule has 2 heteroatoms. The molecule has 1 aliphatic carbocycles. The molecule has 1 saturated heterocycles. The fourth-order valence-electron chi connectivity index (χ4n) is 4.22. The summed E-state index contributed by atoms with van der Waals surface area (Å²) in [5.41, 5.74) is 1.45. The average Bonchev–Trinajstić information content (AvgIpc) is 3.09. The number of nitrogens with one attached hydrogen (secondary N) is 1. The zero-order valence-corrected chi connectivity index (χ0v) is 13.4. The van der Waals surface area contributed by atoms with Gasteiger partial charge in [0.1, 0.15) is 0 Å². The maximum Gasteiger partial charge on any atom is 0.0332 e. The summed E-state index contributed by atoms with van der Waals surface area (Å²) < 4.78 is 0. The van der Waals surface area contributed by atoms with Crippen LogP contribution in [0.1, 0.15) is 50.6 Å². The maximum absolute atomic E-state index is 3.73. The third kappa shape index (κ3) is 3.87. The SMILES string of the molecule is CCCNC(CCN1CC2CCCC2C1)c1ccccc1. The second kappa shape index (κ2) is 7.42. The minimum Gasteiger partial charge on any atom is -0.310 e. The smallest absolute Gasteiger partial charge is 0.0332 e. The molecule has 0 aromatic heterocycles. The molecule has 1 aliphatic heterocycles. The lowest BCUT2D eigenvalue weighted by Crippen LogP contribution is -2.29. The summed E-state index contributed by atoms with van der Waals surface area (Å²) >= 11 is 0. The molecule has 3 unspecified atom stereocenters. The maximum atomic E-state index is 3.73. The number of likely N-dealkylation sites (tertiary alicyclic amines) is 1. The molecule has 0 bridgehead atoms. The van der Waals surface area contributed by atoms with E-state index in [0.717, 1.165) is 18.4 Å². The Balaban J connectivity index is 1.52. The Morgan fingerprint density at radius 2 is 1.86 bits per heavy atom. The van der Waals surface area contributed by atoms with Gasteiger partial charge >= 0.3 is 0 Å². The van der Waals surface area contributed by atoms with Gasteiger partial charge in [-0.15, -0.1) is 0 Å². The van der Waals surface area contributed by atoms with Crippen molar-refractivity contribution in [1.82, 2.24) is 10.2 Å². The molecule has 116 valence electrons. The molecule has 2 fully saturated rings.